The van der Waals surface area contributed by atoms with Crippen LogP contribution in [0.3, 0.4) is 0 Å². The van der Waals surface area contributed by atoms with E-state index in [9.17, 15) is 13.2 Å². The van der Waals surface area contributed by atoms with Crippen LogP contribution in [-0.2, 0) is 14.6 Å². The summed E-state index contributed by atoms with van der Waals surface area (Å²) in [6.45, 7) is -0.378. The molecule has 0 heterocycles. The van der Waals surface area contributed by atoms with Gasteiger partial charge in [-0.1, -0.05) is 24.3 Å². The van der Waals surface area contributed by atoms with Crippen molar-refractivity contribution < 1.29 is 18.3 Å². The molecule has 0 aromatic heterocycles. The van der Waals surface area contributed by atoms with Gasteiger partial charge in [0.15, 0.2) is 0 Å². The molecule has 4 N–H and O–H groups in total. The Labute approximate surface area is 122 Å². The molecule has 21 heavy (non-hydrogen) atoms. The van der Waals surface area contributed by atoms with E-state index < -0.39 is 15.8 Å². The van der Waals surface area contributed by atoms with Crippen LogP contribution < -0.4 is 11.1 Å². The Balaban J connectivity index is 2.51. The molecule has 2 rings (SSSR count). The summed E-state index contributed by atoms with van der Waals surface area (Å²) in [4.78, 5) is 10.6. The Kier molecular flexibility index (Phi) is 4.13. The first-order valence-electron chi connectivity index (χ1n) is 6.07. The van der Waals surface area contributed by atoms with E-state index in [1.165, 1.54) is 24.3 Å². The maximum atomic E-state index is 12.7. The highest BCUT2D eigenvalue weighted by Crippen LogP contribution is 2.30. The molecule has 0 radical (unpaired) electrons. The maximum absolute atomic E-state index is 12.7. The van der Waals surface area contributed by atoms with Crippen LogP contribution in [0.15, 0.2) is 58.3 Å². The van der Waals surface area contributed by atoms with E-state index in [-0.39, 0.29) is 27.7 Å². The Bertz CT molecular complexity index is 772. The second kappa shape index (κ2) is 5.84. The second-order valence-corrected chi connectivity index (χ2v) is 6.17. The Morgan fingerprint density at radius 1 is 1.05 bits per heavy atom. The minimum atomic E-state index is -3.83. The molecular formula is C14H14N2O4S. The highest BCUT2D eigenvalue weighted by atomic mass is 32.2. The van der Waals surface area contributed by atoms with Crippen molar-refractivity contribution in [2.45, 2.75) is 9.79 Å². The number of sulfone groups is 1. The van der Waals surface area contributed by atoms with Crippen molar-refractivity contribution in [1.29, 1.82) is 0 Å². The molecular weight excluding hydrogens is 292 g/mol. The van der Waals surface area contributed by atoms with Crippen molar-refractivity contribution in [2.75, 3.05) is 17.6 Å². The molecule has 0 amide bonds. The summed E-state index contributed by atoms with van der Waals surface area (Å²) in [7, 11) is -3.83. The first-order chi connectivity index (χ1) is 9.93. The quantitative estimate of drug-likeness (QED) is 0.724. The van der Waals surface area contributed by atoms with Crippen LogP contribution in [0, 0.1) is 0 Å². The summed E-state index contributed by atoms with van der Waals surface area (Å²) < 4.78 is 25.3. The highest BCUT2D eigenvalue weighted by Gasteiger charge is 2.23. The summed E-state index contributed by atoms with van der Waals surface area (Å²) in [5.41, 5.74) is 6.09. The van der Waals surface area contributed by atoms with Gasteiger partial charge in [-0.3, -0.25) is 4.79 Å². The first kappa shape index (κ1) is 14.9. The standard InChI is InChI=1S/C14H14N2O4S/c15-10-5-1-3-7-12(10)21(19,20)13-8-4-2-6-11(13)16-9-14(17)18/h1-8,16H,9,15H2,(H,17,18). The molecule has 0 saturated carbocycles. The lowest BCUT2D eigenvalue weighted by Crippen LogP contribution is -2.15. The van der Waals surface area contributed by atoms with Crippen LogP contribution in [0.2, 0.25) is 0 Å². The van der Waals surface area contributed by atoms with E-state index in [0.717, 1.165) is 0 Å². The van der Waals surface area contributed by atoms with E-state index >= 15 is 0 Å². The van der Waals surface area contributed by atoms with Crippen molar-refractivity contribution in [3.63, 3.8) is 0 Å². The zero-order valence-corrected chi connectivity index (χ0v) is 11.8. The number of rotatable bonds is 5. The number of para-hydroxylation sites is 2. The van der Waals surface area contributed by atoms with Gasteiger partial charge in [-0.25, -0.2) is 8.42 Å². The van der Waals surface area contributed by atoms with Gasteiger partial charge < -0.3 is 16.2 Å². The third-order valence-electron chi connectivity index (χ3n) is 2.82. The molecule has 110 valence electrons. The van der Waals surface area contributed by atoms with Gasteiger partial charge in [-0.15, -0.1) is 0 Å². The molecule has 0 aliphatic carbocycles. The fraction of sp³-hybridized carbons (Fsp3) is 0.0714. The SMILES string of the molecule is Nc1ccccc1S(=O)(=O)c1ccccc1NCC(=O)O. The Hall–Kier alpha value is -2.54. The summed E-state index contributed by atoms with van der Waals surface area (Å²) in [6.07, 6.45) is 0. The maximum Gasteiger partial charge on any atom is 0.322 e. The smallest absolute Gasteiger partial charge is 0.322 e. The number of carboxylic acid groups (broad SMARTS) is 1. The van der Waals surface area contributed by atoms with Gasteiger partial charge in [-0.2, -0.15) is 0 Å². The minimum Gasteiger partial charge on any atom is -0.480 e. The number of nitrogens with one attached hydrogen (secondary N) is 1. The molecule has 0 fully saturated rings. The third kappa shape index (κ3) is 3.14. The van der Waals surface area contributed by atoms with E-state index in [4.69, 9.17) is 10.8 Å². The average Bonchev–Trinajstić information content (AvgIpc) is 2.45. The number of carboxylic acids is 1. The van der Waals surface area contributed by atoms with Crippen LogP contribution in [-0.4, -0.2) is 26.0 Å². The number of carbonyl (C=O) groups is 1. The first-order valence-corrected chi connectivity index (χ1v) is 7.55. The molecule has 0 bridgehead atoms. The Morgan fingerprint density at radius 2 is 1.62 bits per heavy atom. The topological polar surface area (TPSA) is 109 Å². The average molecular weight is 306 g/mol. The Morgan fingerprint density at radius 3 is 2.24 bits per heavy atom. The molecule has 0 atom stereocenters. The lowest BCUT2D eigenvalue weighted by Gasteiger charge is -2.12. The minimum absolute atomic E-state index is 0.00502. The number of anilines is 2. The summed E-state index contributed by atoms with van der Waals surface area (Å²) >= 11 is 0. The van der Waals surface area contributed by atoms with Crippen molar-refractivity contribution in [1.82, 2.24) is 0 Å². The molecule has 0 unspecified atom stereocenters. The fourth-order valence-electron chi connectivity index (χ4n) is 1.86. The molecule has 6 nitrogen and oxygen atoms in total. The van der Waals surface area contributed by atoms with Crippen LogP contribution in [0.25, 0.3) is 0 Å². The summed E-state index contributed by atoms with van der Waals surface area (Å²) in [5, 5.41) is 11.3. The van der Waals surface area contributed by atoms with Gasteiger partial charge in [-0.05, 0) is 24.3 Å². The number of hydrogen-bond donors (Lipinski definition) is 3. The third-order valence-corrected chi connectivity index (χ3v) is 4.70. The van der Waals surface area contributed by atoms with Gasteiger partial charge in [0.2, 0.25) is 9.84 Å². The number of benzene rings is 2. The summed E-state index contributed by atoms with van der Waals surface area (Å²) in [5.74, 6) is -1.08. The molecule has 0 saturated heterocycles. The zero-order valence-electron chi connectivity index (χ0n) is 11.0. The second-order valence-electron chi connectivity index (χ2n) is 4.28. The lowest BCUT2D eigenvalue weighted by molar-refractivity contribution is -0.134. The molecule has 0 aliphatic rings. The summed E-state index contributed by atoms with van der Waals surface area (Å²) in [6, 6.07) is 12.2. The predicted octanol–water partition coefficient (Wildman–Crippen LogP) is 1.60. The van der Waals surface area contributed by atoms with Crippen molar-refractivity contribution in [3.05, 3.63) is 48.5 Å². The van der Waals surface area contributed by atoms with Crippen molar-refractivity contribution >= 4 is 27.2 Å². The van der Waals surface area contributed by atoms with Gasteiger partial charge in [0.25, 0.3) is 0 Å². The highest BCUT2D eigenvalue weighted by molar-refractivity contribution is 7.91. The number of nitrogens with two attached hydrogens (primary N) is 1. The van der Waals surface area contributed by atoms with Crippen LogP contribution in [0.1, 0.15) is 0 Å². The van der Waals surface area contributed by atoms with Crippen LogP contribution >= 0.6 is 0 Å². The van der Waals surface area contributed by atoms with E-state index in [2.05, 4.69) is 5.32 Å². The number of aliphatic carboxylic acids is 1. The van der Waals surface area contributed by atoms with E-state index in [1.54, 1.807) is 24.3 Å². The van der Waals surface area contributed by atoms with Gasteiger partial charge >= 0.3 is 5.97 Å². The van der Waals surface area contributed by atoms with Crippen molar-refractivity contribution in [2.24, 2.45) is 0 Å². The molecule has 0 spiro atoms. The zero-order chi connectivity index (χ0) is 15.5. The predicted molar refractivity (Wildman–Crippen MR) is 78.9 cm³/mol. The van der Waals surface area contributed by atoms with E-state index in [1.807, 2.05) is 0 Å². The van der Waals surface area contributed by atoms with Gasteiger partial charge in [0, 0.05) is 0 Å². The number of hydrogen-bond acceptors (Lipinski definition) is 5. The largest absolute Gasteiger partial charge is 0.480 e. The van der Waals surface area contributed by atoms with Crippen LogP contribution in [0.4, 0.5) is 11.4 Å². The van der Waals surface area contributed by atoms with Gasteiger partial charge in [0.1, 0.15) is 6.54 Å². The monoisotopic (exact) mass is 306 g/mol. The van der Waals surface area contributed by atoms with Crippen LogP contribution in [0.5, 0.6) is 0 Å². The molecule has 0 aliphatic heterocycles. The fourth-order valence-corrected chi connectivity index (χ4v) is 3.42. The molecule has 2 aromatic rings. The lowest BCUT2D eigenvalue weighted by atomic mass is 10.3. The van der Waals surface area contributed by atoms with Crippen molar-refractivity contribution in [3.8, 4) is 0 Å². The molecule has 2 aromatic carbocycles. The van der Waals surface area contributed by atoms with E-state index in [0.29, 0.717) is 0 Å². The number of nitrogen functional groups attached to an aromatic ring is 1. The van der Waals surface area contributed by atoms with Gasteiger partial charge in [0.05, 0.1) is 21.2 Å². The molecule has 7 heteroatoms. The normalized spacial score (nSPS) is 11.0.